The molecule has 2 amide bonds. The summed E-state index contributed by atoms with van der Waals surface area (Å²) in [6.07, 6.45) is 2.42. The van der Waals surface area contributed by atoms with Crippen LogP contribution >= 0.6 is 23.2 Å². The maximum Gasteiger partial charge on any atom is 0.409 e. The molecular formula is C27H22Cl2F3N5O4. The lowest BCUT2D eigenvalue weighted by molar-refractivity contribution is -0.118. The van der Waals surface area contributed by atoms with Gasteiger partial charge in [-0.05, 0) is 24.3 Å². The largest absolute Gasteiger partial charge is 0.453 e. The second kappa shape index (κ2) is 11.4. The van der Waals surface area contributed by atoms with Crippen LogP contribution in [-0.2, 0) is 14.3 Å². The summed E-state index contributed by atoms with van der Waals surface area (Å²) < 4.78 is 48.6. The van der Waals surface area contributed by atoms with Crippen LogP contribution in [-0.4, -0.2) is 67.0 Å². The number of amides is 2. The molecule has 0 aliphatic carbocycles. The first-order valence-corrected chi connectivity index (χ1v) is 13.1. The molecule has 1 unspecified atom stereocenters. The van der Waals surface area contributed by atoms with Crippen molar-refractivity contribution in [2.75, 3.05) is 43.5 Å². The number of hydrogen-bond acceptors (Lipinski definition) is 7. The molecule has 1 atom stereocenters. The number of nitrogens with zero attached hydrogens (tertiary/aromatic N) is 3. The molecular weight excluding hydrogens is 586 g/mol. The van der Waals surface area contributed by atoms with Crippen molar-refractivity contribution in [1.29, 1.82) is 0 Å². The molecule has 1 fully saturated rings. The Morgan fingerprint density at radius 2 is 1.66 bits per heavy atom. The molecule has 3 aliphatic rings. The SMILES string of the molecule is COC(=O)N1CCN(C2=CC=C3C(=O)C(C(=O)Nc4c(Cl)cccc4Cl)=CN(c4c(F)cc(F)cc4F)C3N2)CC1. The van der Waals surface area contributed by atoms with Gasteiger partial charge in [-0.2, -0.15) is 0 Å². The molecule has 14 heteroatoms. The smallest absolute Gasteiger partial charge is 0.409 e. The van der Waals surface area contributed by atoms with Crippen LogP contribution in [0.2, 0.25) is 10.0 Å². The zero-order valence-corrected chi connectivity index (χ0v) is 22.9. The van der Waals surface area contributed by atoms with Crippen molar-refractivity contribution in [1.82, 2.24) is 15.1 Å². The van der Waals surface area contributed by atoms with E-state index in [-0.39, 0.29) is 21.3 Å². The van der Waals surface area contributed by atoms with Gasteiger partial charge in [-0.15, -0.1) is 0 Å². The monoisotopic (exact) mass is 607 g/mol. The minimum atomic E-state index is -1.24. The molecule has 0 saturated carbocycles. The van der Waals surface area contributed by atoms with Gasteiger partial charge in [-0.3, -0.25) is 9.59 Å². The average molecular weight is 608 g/mol. The molecule has 0 radical (unpaired) electrons. The van der Waals surface area contributed by atoms with Crippen LogP contribution in [0.4, 0.5) is 29.3 Å². The summed E-state index contributed by atoms with van der Waals surface area (Å²) in [6, 6.07) is 5.53. The Bertz CT molecular complexity index is 1500. The number of anilines is 2. The van der Waals surface area contributed by atoms with E-state index in [1.165, 1.54) is 30.2 Å². The van der Waals surface area contributed by atoms with Crippen molar-refractivity contribution in [3.05, 3.63) is 93.1 Å². The molecule has 9 nitrogen and oxygen atoms in total. The number of para-hydroxylation sites is 1. The predicted octanol–water partition coefficient (Wildman–Crippen LogP) is 4.40. The maximum atomic E-state index is 15.0. The third kappa shape index (κ3) is 5.44. The van der Waals surface area contributed by atoms with E-state index in [4.69, 9.17) is 27.9 Å². The number of hydrogen-bond donors (Lipinski definition) is 2. The van der Waals surface area contributed by atoms with E-state index in [1.54, 1.807) is 12.1 Å². The van der Waals surface area contributed by atoms with Crippen LogP contribution in [0.3, 0.4) is 0 Å². The minimum Gasteiger partial charge on any atom is -0.453 e. The van der Waals surface area contributed by atoms with Gasteiger partial charge in [0.15, 0.2) is 17.4 Å². The lowest BCUT2D eigenvalue weighted by Crippen LogP contribution is -2.56. The molecule has 214 valence electrons. The van der Waals surface area contributed by atoms with Gasteiger partial charge in [-0.1, -0.05) is 29.3 Å². The molecule has 0 bridgehead atoms. The lowest BCUT2D eigenvalue weighted by atomic mass is 9.93. The van der Waals surface area contributed by atoms with Crippen molar-refractivity contribution in [2.45, 2.75) is 6.17 Å². The third-order valence-corrected chi connectivity index (χ3v) is 7.42. The second-order valence-corrected chi connectivity index (χ2v) is 10.0. The van der Waals surface area contributed by atoms with Gasteiger partial charge in [0.05, 0.1) is 22.8 Å². The van der Waals surface area contributed by atoms with E-state index in [0.717, 1.165) is 11.1 Å². The zero-order chi connectivity index (χ0) is 29.4. The summed E-state index contributed by atoms with van der Waals surface area (Å²) in [5, 5.41) is 5.80. The number of nitrogens with one attached hydrogen (secondary N) is 2. The Labute approximate surface area is 242 Å². The Morgan fingerprint density at radius 1 is 1.02 bits per heavy atom. The number of Topliss-reactive ketones (excluding diaryl/α,β-unsaturated/α-hetero) is 1. The number of rotatable bonds is 4. The van der Waals surface area contributed by atoms with Gasteiger partial charge in [0.1, 0.15) is 29.1 Å². The first-order valence-electron chi connectivity index (χ1n) is 12.3. The normalized spacial score (nSPS) is 18.6. The molecule has 41 heavy (non-hydrogen) atoms. The van der Waals surface area contributed by atoms with E-state index in [1.807, 2.05) is 4.90 Å². The average Bonchev–Trinajstić information content (AvgIpc) is 2.95. The van der Waals surface area contributed by atoms with Crippen LogP contribution in [0.1, 0.15) is 0 Å². The van der Waals surface area contributed by atoms with Gasteiger partial charge in [-0.25, -0.2) is 18.0 Å². The zero-order valence-electron chi connectivity index (χ0n) is 21.4. The summed E-state index contributed by atoms with van der Waals surface area (Å²) in [6.45, 7) is 1.51. The first-order chi connectivity index (χ1) is 19.6. The van der Waals surface area contributed by atoms with E-state index >= 15 is 8.78 Å². The highest BCUT2D eigenvalue weighted by Crippen LogP contribution is 2.36. The number of carbonyl (C=O) groups excluding carboxylic acids is 3. The summed E-state index contributed by atoms with van der Waals surface area (Å²) in [7, 11) is 1.29. The number of ether oxygens (including phenoxy) is 1. The number of carbonyl (C=O) groups is 3. The van der Waals surface area contributed by atoms with Crippen LogP contribution < -0.4 is 15.5 Å². The van der Waals surface area contributed by atoms with Gasteiger partial charge in [0.25, 0.3) is 5.91 Å². The molecule has 0 spiro atoms. The second-order valence-electron chi connectivity index (χ2n) is 9.21. The number of benzene rings is 2. The highest BCUT2D eigenvalue weighted by atomic mass is 35.5. The standard InChI is InChI=1S/C27H22Cl2F3N5O4/c1-41-27(40)36-9-7-35(8-10-36)21-6-5-15-24(38)16(26(39)34-22-17(28)3-2-4-18(22)29)13-37(25(15)33-21)23-19(31)11-14(30)12-20(23)32/h2-6,11-13,25,33H,7-10H2,1H3,(H,34,39). The lowest BCUT2D eigenvalue weighted by Gasteiger charge is -2.43. The summed E-state index contributed by atoms with van der Waals surface area (Å²) in [5.74, 6) is -4.76. The third-order valence-electron chi connectivity index (χ3n) is 6.79. The number of methoxy groups -OCH3 is 1. The Kier molecular flexibility index (Phi) is 7.87. The molecule has 1 saturated heterocycles. The predicted molar refractivity (Wildman–Crippen MR) is 146 cm³/mol. The number of piperazine rings is 1. The number of fused-ring (bicyclic) bond motifs is 1. The molecule has 3 aliphatic heterocycles. The van der Waals surface area contributed by atoms with E-state index in [0.29, 0.717) is 44.1 Å². The highest BCUT2D eigenvalue weighted by molar-refractivity contribution is 6.41. The quantitative estimate of drug-likeness (QED) is 0.497. The number of allylic oxidation sites excluding steroid dienone is 2. The van der Waals surface area contributed by atoms with Crippen LogP contribution in [0, 0.1) is 17.5 Å². The van der Waals surface area contributed by atoms with Crippen molar-refractivity contribution in [3.8, 4) is 0 Å². The Hall–Kier alpha value is -4.16. The van der Waals surface area contributed by atoms with Gasteiger partial charge in [0.2, 0.25) is 0 Å². The maximum absolute atomic E-state index is 15.0. The van der Waals surface area contributed by atoms with Crippen LogP contribution in [0.15, 0.2) is 65.7 Å². The van der Waals surface area contributed by atoms with Crippen molar-refractivity contribution < 1.29 is 32.3 Å². The fourth-order valence-corrected chi connectivity index (χ4v) is 5.26. The highest BCUT2D eigenvalue weighted by Gasteiger charge is 2.40. The molecule has 3 heterocycles. The number of ketones is 1. The van der Waals surface area contributed by atoms with E-state index < -0.39 is 52.7 Å². The van der Waals surface area contributed by atoms with E-state index in [9.17, 15) is 18.8 Å². The molecule has 2 N–H and O–H groups in total. The van der Waals surface area contributed by atoms with Crippen LogP contribution in [0.25, 0.3) is 0 Å². The van der Waals surface area contributed by atoms with Gasteiger partial charge in [0, 0.05) is 50.1 Å². The van der Waals surface area contributed by atoms with Gasteiger partial charge < -0.3 is 30.1 Å². The van der Waals surface area contributed by atoms with Crippen molar-refractivity contribution in [2.24, 2.45) is 0 Å². The minimum absolute atomic E-state index is 0.00276. The molecule has 2 aromatic rings. The van der Waals surface area contributed by atoms with Crippen molar-refractivity contribution >= 4 is 52.4 Å². The Morgan fingerprint density at radius 3 is 2.27 bits per heavy atom. The Balaban J connectivity index is 1.51. The van der Waals surface area contributed by atoms with Crippen LogP contribution in [0.5, 0.6) is 0 Å². The fourth-order valence-electron chi connectivity index (χ4n) is 4.76. The molecule has 0 aromatic heterocycles. The molecule has 2 aromatic carbocycles. The van der Waals surface area contributed by atoms with E-state index in [2.05, 4.69) is 10.6 Å². The topological polar surface area (TPSA) is 94.2 Å². The number of dihydropyridines is 1. The molecule has 5 rings (SSSR count). The van der Waals surface area contributed by atoms with Crippen molar-refractivity contribution in [3.63, 3.8) is 0 Å². The summed E-state index contributed by atoms with van der Waals surface area (Å²) in [5.41, 5.74) is -1.09. The van der Waals surface area contributed by atoms with Gasteiger partial charge >= 0.3 is 6.09 Å². The number of halogens is 5. The summed E-state index contributed by atoms with van der Waals surface area (Å²) >= 11 is 12.3. The summed E-state index contributed by atoms with van der Waals surface area (Å²) in [4.78, 5) is 43.1. The fraction of sp³-hybridized carbons (Fsp3) is 0.222. The first kappa shape index (κ1) is 28.4.